The minimum Gasteiger partial charge on any atom is -0.373 e. The Hall–Kier alpha value is -2.04. The normalized spacial score (nSPS) is 18.9. The molecule has 0 spiro atoms. The first-order chi connectivity index (χ1) is 9.65. The van der Waals surface area contributed by atoms with Crippen molar-refractivity contribution in [2.75, 3.05) is 23.4 Å². The first kappa shape index (κ1) is 13.0. The molecule has 1 aromatic heterocycles. The molecule has 106 valence electrons. The van der Waals surface area contributed by atoms with Gasteiger partial charge in [-0.05, 0) is 25.5 Å². The number of nitrogens with zero attached hydrogens (tertiary/aromatic N) is 4. The molecular formula is C15H20N4O. The number of benzene rings is 1. The molecule has 1 atom stereocenters. The smallest absolute Gasteiger partial charge is 0.223 e. The Kier molecular flexibility index (Phi) is 3.34. The van der Waals surface area contributed by atoms with Gasteiger partial charge in [-0.2, -0.15) is 4.98 Å². The molecule has 0 saturated heterocycles. The molecule has 0 amide bonds. The van der Waals surface area contributed by atoms with E-state index in [1.807, 2.05) is 6.92 Å². The number of aryl methyl sites for hydroxylation is 1. The highest BCUT2D eigenvalue weighted by Crippen LogP contribution is 2.34. The van der Waals surface area contributed by atoms with Crippen LogP contribution in [-0.4, -0.2) is 29.8 Å². The molecule has 0 N–H and O–H groups in total. The van der Waals surface area contributed by atoms with Gasteiger partial charge in [0.2, 0.25) is 5.89 Å². The molecule has 0 radical (unpaired) electrons. The fourth-order valence-electron chi connectivity index (χ4n) is 2.72. The SMILES string of the molecule is Cc1nc(CN2c3ccccc3N(C)CC[C@H]2C)no1. The van der Waals surface area contributed by atoms with Crippen LogP contribution in [0.5, 0.6) is 0 Å². The van der Waals surface area contributed by atoms with Gasteiger partial charge in [-0.3, -0.25) is 0 Å². The quantitative estimate of drug-likeness (QED) is 0.841. The zero-order valence-corrected chi connectivity index (χ0v) is 12.2. The maximum absolute atomic E-state index is 5.08. The van der Waals surface area contributed by atoms with E-state index in [1.54, 1.807) is 0 Å². The Bertz CT molecular complexity index is 595. The maximum atomic E-state index is 5.08. The summed E-state index contributed by atoms with van der Waals surface area (Å²) in [5, 5.41) is 4.03. The monoisotopic (exact) mass is 272 g/mol. The summed E-state index contributed by atoms with van der Waals surface area (Å²) < 4.78 is 5.08. The van der Waals surface area contributed by atoms with Crippen molar-refractivity contribution < 1.29 is 4.52 Å². The van der Waals surface area contributed by atoms with Crippen LogP contribution in [-0.2, 0) is 6.54 Å². The number of para-hydroxylation sites is 2. The molecule has 0 unspecified atom stereocenters. The van der Waals surface area contributed by atoms with E-state index >= 15 is 0 Å². The average Bonchev–Trinajstić information content (AvgIpc) is 2.82. The first-order valence-electron chi connectivity index (χ1n) is 7.01. The average molecular weight is 272 g/mol. The second-order valence-corrected chi connectivity index (χ2v) is 5.41. The summed E-state index contributed by atoms with van der Waals surface area (Å²) in [5.41, 5.74) is 2.50. The molecule has 3 rings (SSSR count). The molecular weight excluding hydrogens is 252 g/mol. The van der Waals surface area contributed by atoms with Gasteiger partial charge in [0, 0.05) is 26.6 Å². The Balaban J connectivity index is 1.96. The summed E-state index contributed by atoms with van der Waals surface area (Å²) in [7, 11) is 2.15. The van der Waals surface area contributed by atoms with Crippen molar-refractivity contribution in [2.24, 2.45) is 0 Å². The summed E-state index contributed by atoms with van der Waals surface area (Å²) in [4.78, 5) is 9.01. The Morgan fingerprint density at radius 3 is 2.75 bits per heavy atom. The van der Waals surface area contributed by atoms with E-state index in [0.717, 1.165) is 18.8 Å². The van der Waals surface area contributed by atoms with Gasteiger partial charge in [-0.15, -0.1) is 0 Å². The van der Waals surface area contributed by atoms with E-state index in [9.17, 15) is 0 Å². The van der Waals surface area contributed by atoms with Gasteiger partial charge in [0.1, 0.15) is 0 Å². The van der Waals surface area contributed by atoms with Crippen molar-refractivity contribution in [3.63, 3.8) is 0 Å². The lowest BCUT2D eigenvalue weighted by Gasteiger charge is -2.29. The molecule has 2 heterocycles. The standard InChI is InChI=1S/C15H20N4O/c1-11-8-9-18(3)13-6-4-5-7-14(13)19(11)10-15-16-12(2)20-17-15/h4-7,11H,8-10H2,1-3H3/t11-/m1/s1. The maximum Gasteiger partial charge on any atom is 0.223 e. The van der Waals surface area contributed by atoms with E-state index in [1.165, 1.54) is 11.4 Å². The topological polar surface area (TPSA) is 45.4 Å². The number of anilines is 2. The van der Waals surface area contributed by atoms with Crippen LogP contribution in [0.4, 0.5) is 11.4 Å². The predicted molar refractivity (Wildman–Crippen MR) is 79.0 cm³/mol. The predicted octanol–water partition coefficient (Wildman–Crippen LogP) is 2.61. The third-order valence-electron chi connectivity index (χ3n) is 3.90. The minimum absolute atomic E-state index is 0.444. The third-order valence-corrected chi connectivity index (χ3v) is 3.90. The summed E-state index contributed by atoms with van der Waals surface area (Å²) >= 11 is 0. The minimum atomic E-state index is 0.444. The van der Waals surface area contributed by atoms with Crippen LogP contribution in [0.2, 0.25) is 0 Å². The van der Waals surface area contributed by atoms with Crippen LogP contribution < -0.4 is 9.80 Å². The molecule has 20 heavy (non-hydrogen) atoms. The zero-order valence-electron chi connectivity index (χ0n) is 12.2. The summed E-state index contributed by atoms with van der Waals surface area (Å²) in [5.74, 6) is 1.36. The largest absolute Gasteiger partial charge is 0.373 e. The molecule has 0 fully saturated rings. The van der Waals surface area contributed by atoms with Crippen molar-refractivity contribution in [1.29, 1.82) is 0 Å². The highest BCUT2D eigenvalue weighted by Gasteiger charge is 2.24. The highest BCUT2D eigenvalue weighted by atomic mass is 16.5. The van der Waals surface area contributed by atoms with E-state index < -0.39 is 0 Å². The van der Waals surface area contributed by atoms with Gasteiger partial charge in [-0.1, -0.05) is 17.3 Å². The number of aromatic nitrogens is 2. The van der Waals surface area contributed by atoms with Crippen LogP contribution in [0.3, 0.4) is 0 Å². The van der Waals surface area contributed by atoms with Gasteiger partial charge >= 0.3 is 0 Å². The molecule has 1 aromatic carbocycles. The molecule has 2 aromatic rings. The Morgan fingerprint density at radius 1 is 1.30 bits per heavy atom. The van der Waals surface area contributed by atoms with E-state index in [2.05, 4.69) is 58.2 Å². The van der Waals surface area contributed by atoms with Crippen LogP contribution in [0.25, 0.3) is 0 Å². The fraction of sp³-hybridized carbons (Fsp3) is 0.467. The molecule has 5 heteroatoms. The Labute approximate surface area is 119 Å². The van der Waals surface area contributed by atoms with E-state index in [0.29, 0.717) is 18.5 Å². The van der Waals surface area contributed by atoms with Gasteiger partial charge < -0.3 is 14.3 Å². The van der Waals surface area contributed by atoms with Crippen LogP contribution >= 0.6 is 0 Å². The van der Waals surface area contributed by atoms with Crippen molar-refractivity contribution >= 4 is 11.4 Å². The van der Waals surface area contributed by atoms with Gasteiger partial charge in [0.15, 0.2) is 5.82 Å². The van der Waals surface area contributed by atoms with Crippen molar-refractivity contribution in [1.82, 2.24) is 10.1 Å². The molecule has 1 aliphatic rings. The third kappa shape index (κ3) is 2.35. The number of fused-ring (bicyclic) bond motifs is 1. The summed E-state index contributed by atoms with van der Waals surface area (Å²) in [6.07, 6.45) is 1.11. The molecule has 5 nitrogen and oxygen atoms in total. The van der Waals surface area contributed by atoms with Crippen molar-refractivity contribution in [3.8, 4) is 0 Å². The van der Waals surface area contributed by atoms with Gasteiger partial charge in [0.05, 0.1) is 17.9 Å². The number of hydrogen-bond acceptors (Lipinski definition) is 5. The van der Waals surface area contributed by atoms with E-state index in [-0.39, 0.29) is 0 Å². The van der Waals surface area contributed by atoms with Crippen LogP contribution in [0.1, 0.15) is 25.1 Å². The molecule has 0 aliphatic carbocycles. The lowest BCUT2D eigenvalue weighted by molar-refractivity contribution is 0.386. The molecule has 0 bridgehead atoms. The lowest BCUT2D eigenvalue weighted by Crippen LogP contribution is -2.32. The zero-order chi connectivity index (χ0) is 14.1. The van der Waals surface area contributed by atoms with Crippen LogP contribution in [0.15, 0.2) is 28.8 Å². The van der Waals surface area contributed by atoms with Crippen molar-refractivity contribution in [3.05, 3.63) is 36.0 Å². The number of rotatable bonds is 2. The fourth-order valence-corrected chi connectivity index (χ4v) is 2.72. The van der Waals surface area contributed by atoms with Gasteiger partial charge in [-0.25, -0.2) is 0 Å². The second-order valence-electron chi connectivity index (χ2n) is 5.41. The lowest BCUT2D eigenvalue weighted by atomic mass is 10.2. The van der Waals surface area contributed by atoms with Crippen molar-refractivity contribution in [2.45, 2.75) is 32.9 Å². The first-order valence-corrected chi connectivity index (χ1v) is 7.01. The summed E-state index contributed by atoms with van der Waals surface area (Å²) in [6, 6.07) is 8.95. The van der Waals surface area contributed by atoms with Gasteiger partial charge in [0.25, 0.3) is 0 Å². The highest BCUT2D eigenvalue weighted by molar-refractivity contribution is 5.72. The molecule has 0 saturated carbocycles. The number of hydrogen-bond donors (Lipinski definition) is 0. The second kappa shape index (κ2) is 5.15. The van der Waals surface area contributed by atoms with E-state index in [4.69, 9.17) is 4.52 Å². The summed E-state index contributed by atoms with van der Waals surface area (Å²) in [6.45, 7) is 5.82. The van der Waals surface area contributed by atoms with Crippen LogP contribution in [0, 0.1) is 6.92 Å². The molecule has 1 aliphatic heterocycles. The Morgan fingerprint density at radius 2 is 2.05 bits per heavy atom.